The molecule has 4 nitrogen and oxygen atoms in total. The number of benzene rings is 4. The summed E-state index contributed by atoms with van der Waals surface area (Å²) >= 11 is 0.0574. The summed E-state index contributed by atoms with van der Waals surface area (Å²) in [6, 6.07) is 42.8. The molecule has 35 heavy (non-hydrogen) atoms. The second kappa shape index (κ2) is 16.8. The van der Waals surface area contributed by atoms with Crippen LogP contribution in [0.2, 0.25) is 0 Å². The molecule has 0 aromatic heterocycles. The van der Waals surface area contributed by atoms with E-state index in [1.807, 2.05) is 0 Å². The lowest BCUT2D eigenvalue weighted by Crippen LogP contribution is -3.61. The van der Waals surface area contributed by atoms with Crippen molar-refractivity contribution in [2.45, 2.75) is 13.3 Å². The second-order valence-corrected chi connectivity index (χ2v) is 13.2. The molecule has 6 heteroatoms. The Kier molecular flexibility index (Phi) is 13.7. The Hall–Kier alpha value is -2.72. The van der Waals surface area contributed by atoms with E-state index in [1.54, 1.807) is 0 Å². The smallest absolute Gasteiger partial charge is 0.357 e. The van der Waals surface area contributed by atoms with Crippen molar-refractivity contribution in [3.05, 3.63) is 136 Å². The van der Waals surface area contributed by atoms with Gasteiger partial charge in [0.05, 0.1) is 0 Å². The van der Waals surface area contributed by atoms with Crippen LogP contribution < -0.4 is 52.6 Å². The topological polar surface area (TPSA) is 80.3 Å². The van der Waals surface area contributed by atoms with Crippen LogP contribution in [0.15, 0.2) is 121 Å². The van der Waals surface area contributed by atoms with E-state index in [0.29, 0.717) is 0 Å². The van der Waals surface area contributed by atoms with Gasteiger partial charge in [-0.1, -0.05) is 79.7 Å². The van der Waals surface area contributed by atoms with Gasteiger partial charge in [0.15, 0.2) is 14.3 Å². The molecule has 4 rings (SSSR count). The lowest BCUT2D eigenvalue weighted by atomic mass is 10.1. The molecule has 1 unspecified atom stereocenters. The third kappa shape index (κ3) is 13.1. The highest BCUT2D eigenvalue weighted by Crippen LogP contribution is 1.96. The minimum atomic E-state index is -1.37. The van der Waals surface area contributed by atoms with Gasteiger partial charge in [0.25, 0.3) is 0 Å². The second-order valence-electron chi connectivity index (χ2n) is 7.17. The summed E-state index contributed by atoms with van der Waals surface area (Å²) in [5, 5.41) is 19.5. The lowest BCUT2D eigenvalue weighted by Gasteiger charge is -2.11. The summed E-state index contributed by atoms with van der Waals surface area (Å²) in [5.41, 5.74) is 0. The molecule has 0 aliphatic carbocycles. The highest BCUT2D eigenvalue weighted by Gasteiger charge is 2.13. The van der Waals surface area contributed by atoms with Crippen molar-refractivity contribution in [2.24, 2.45) is 5.92 Å². The van der Waals surface area contributed by atoms with Crippen molar-refractivity contribution in [2.75, 3.05) is 0 Å². The minimum absolute atomic E-state index is 0.0287. The fourth-order valence-corrected chi connectivity index (χ4v) is 7.03. The summed E-state index contributed by atoms with van der Waals surface area (Å²) in [5.74, 6) is -3.69. The molecule has 0 amide bonds. The van der Waals surface area contributed by atoms with Crippen molar-refractivity contribution < 1.29 is 62.2 Å². The maximum atomic E-state index is 9.83. The maximum Gasteiger partial charge on any atom is 0.357 e. The van der Waals surface area contributed by atoms with Gasteiger partial charge in [-0.15, -0.1) is 0 Å². The van der Waals surface area contributed by atoms with Crippen molar-refractivity contribution in [1.29, 1.82) is 0 Å². The first-order chi connectivity index (χ1) is 16.9. The number of carboxylic acid groups (broad SMARTS) is 2. The predicted molar refractivity (Wildman–Crippen MR) is 124 cm³/mol. The van der Waals surface area contributed by atoms with E-state index in [0.717, 1.165) is 0 Å². The fourth-order valence-electron chi connectivity index (χ4n) is 2.50. The van der Waals surface area contributed by atoms with E-state index in [1.165, 1.54) is 21.2 Å². The van der Waals surface area contributed by atoms with Crippen LogP contribution >= 0.6 is 0 Å². The van der Waals surface area contributed by atoms with Gasteiger partial charge in [0.2, 0.25) is 0 Å². The average Bonchev–Trinajstić information content (AvgIpc) is 2.87. The van der Waals surface area contributed by atoms with Crippen LogP contribution in [0.3, 0.4) is 0 Å². The van der Waals surface area contributed by atoms with Crippen LogP contribution in [0, 0.1) is 20.2 Å². The number of hydrogen-bond acceptors (Lipinski definition) is 4. The summed E-state index contributed by atoms with van der Waals surface area (Å²) < 4.78 is 5.92. The Morgan fingerprint density at radius 2 is 0.829 bits per heavy atom. The molecule has 4 aromatic rings. The summed E-state index contributed by atoms with van der Waals surface area (Å²) in [4.78, 5) is 19.5. The van der Waals surface area contributed by atoms with Crippen LogP contribution in [0.25, 0.3) is 0 Å². The SMILES string of the molecule is CC(CC(=O)[O-])C(=O)[O-].c1ccc([I+]c2ccccc2)cc1.c1ccc([I+]c2ccccc2)cc1. The Bertz CT molecular complexity index is 970. The van der Waals surface area contributed by atoms with Crippen LogP contribution in [0.5, 0.6) is 0 Å². The largest absolute Gasteiger partial charge is 0.550 e. The van der Waals surface area contributed by atoms with Gasteiger partial charge in [-0.25, -0.2) is 0 Å². The van der Waals surface area contributed by atoms with Crippen molar-refractivity contribution in [1.82, 2.24) is 0 Å². The maximum absolute atomic E-state index is 9.83. The molecule has 0 aliphatic rings. The number of hydrogen-bond donors (Lipinski definition) is 0. The molecule has 0 radical (unpaired) electrons. The zero-order valence-electron chi connectivity index (χ0n) is 19.2. The van der Waals surface area contributed by atoms with Gasteiger partial charge in [0, 0.05) is 17.9 Å². The number of carbonyl (C=O) groups is 2. The normalized spacial score (nSPS) is 10.5. The van der Waals surface area contributed by atoms with Gasteiger partial charge in [-0.05, 0) is 55.0 Å². The highest BCUT2D eigenvalue weighted by atomic mass is 127. The van der Waals surface area contributed by atoms with E-state index < -0.39 is 24.3 Å². The Balaban J connectivity index is 0.000000190. The van der Waals surface area contributed by atoms with E-state index in [9.17, 15) is 19.8 Å². The van der Waals surface area contributed by atoms with Crippen LogP contribution in [0.4, 0.5) is 0 Å². The van der Waals surface area contributed by atoms with Crippen molar-refractivity contribution in [3.8, 4) is 0 Å². The molecule has 0 saturated carbocycles. The number of aliphatic carboxylic acids is 2. The molecule has 0 saturated heterocycles. The zero-order valence-corrected chi connectivity index (χ0v) is 23.5. The summed E-state index contributed by atoms with van der Waals surface area (Å²) in [6.45, 7) is 1.26. The van der Waals surface area contributed by atoms with E-state index >= 15 is 0 Å². The molecule has 0 fully saturated rings. The zero-order chi connectivity index (χ0) is 25.3. The van der Waals surface area contributed by atoms with Gasteiger partial charge in [-0.2, -0.15) is 0 Å². The average molecular weight is 692 g/mol. The van der Waals surface area contributed by atoms with Gasteiger partial charge < -0.3 is 19.8 Å². The van der Waals surface area contributed by atoms with E-state index in [2.05, 4.69) is 121 Å². The first kappa shape index (κ1) is 28.5. The third-order valence-corrected chi connectivity index (χ3v) is 9.61. The third-order valence-electron chi connectivity index (χ3n) is 4.24. The Morgan fingerprint density at radius 1 is 0.571 bits per heavy atom. The number of carboxylic acids is 2. The number of carbonyl (C=O) groups excluding carboxylic acids is 2. The van der Waals surface area contributed by atoms with Gasteiger partial charge >= 0.3 is 42.4 Å². The van der Waals surface area contributed by atoms with Crippen LogP contribution in [-0.4, -0.2) is 11.9 Å². The van der Waals surface area contributed by atoms with Gasteiger partial charge in [-0.3, -0.25) is 0 Å². The molecule has 0 heterocycles. The summed E-state index contributed by atoms with van der Waals surface area (Å²) in [7, 11) is 0. The monoisotopic (exact) mass is 692 g/mol. The quantitative estimate of drug-likeness (QED) is 0.196. The standard InChI is InChI=1S/2C12H10I.C5H8O4/c2*1-3-7-11(8-4-1)13-12-9-5-2-6-10-12;1-3(5(8)9)2-4(6)7/h2*1-10H;3H,2H2,1H3,(H,6,7)(H,8,9)/q2*+1;/p-2. The van der Waals surface area contributed by atoms with Gasteiger partial charge in [0.1, 0.15) is 0 Å². The molecule has 1 atom stereocenters. The minimum Gasteiger partial charge on any atom is -0.550 e. The van der Waals surface area contributed by atoms with E-state index in [-0.39, 0.29) is 42.4 Å². The van der Waals surface area contributed by atoms with Crippen molar-refractivity contribution >= 4 is 11.9 Å². The Morgan fingerprint density at radius 3 is 1.00 bits per heavy atom. The molecule has 0 bridgehead atoms. The van der Waals surface area contributed by atoms with E-state index in [4.69, 9.17) is 0 Å². The molecule has 0 aliphatic heterocycles. The van der Waals surface area contributed by atoms with Crippen LogP contribution in [-0.2, 0) is 9.59 Å². The fraction of sp³-hybridized carbons (Fsp3) is 0.103. The molecular formula is C29H26I2O4. The Labute approximate surface area is 227 Å². The molecular weight excluding hydrogens is 666 g/mol. The number of rotatable bonds is 7. The lowest BCUT2D eigenvalue weighted by molar-refractivity contribution is -0.597. The first-order valence-electron chi connectivity index (χ1n) is 10.8. The predicted octanol–water partition coefficient (Wildman–Crippen LogP) is -2.86. The van der Waals surface area contributed by atoms with Crippen LogP contribution in [0.1, 0.15) is 13.3 Å². The number of halogens is 2. The molecule has 4 aromatic carbocycles. The summed E-state index contributed by atoms with van der Waals surface area (Å²) in [6.07, 6.45) is -0.484. The highest BCUT2D eigenvalue weighted by molar-refractivity contribution is 5.74. The molecule has 0 N–H and O–H groups in total. The molecule has 180 valence electrons. The first-order valence-corrected chi connectivity index (χ1v) is 15.2. The van der Waals surface area contributed by atoms with Crippen molar-refractivity contribution in [3.63, 3.8) is 0 Å². The molecule has 0 spiro atoms.